The number of rotatable bonds is 10. The Morgan fingerprint density at radius 2 is 1.83 bits per heavy atom. The van der Waals surface area contributed by atoms with Crippen LogP contribution >= 0.6 is 11.8 Å². The van der Waals surface area contributed by atoms with E-state index in [1.807, 2.05) is 0 Å². The molecule has 0 spiro atoms. The summed E-state index contributed by atoms with van der Waals surface area (Å²) in [6.45, 7) is 15.6. The molecule has 0 bridgehead atoms. The molecule has 1 aromatic carbocycles. The molecule has 35 heavy (non-hydrogen) atoms. The van der Waals surface area contributed by atoms with Crippen molar-refractivity contribution >= 4 is 31.8 Å². The number of nitrogens with zero attached hydrogens (tertiary/aromatic N) is 2. The summed E-state index contributed by atoms with van der Waals surface area (Å²) in [7, 11) is 0.544. The highest BCUT2D eigenvalue weighted by Gasteiger charge is 2.41. The van der Waals surface area contributed by atoms with Crippen LogP contribution in [-0.4, -0.2) is 50.2 Å². The minimum absolute atomic E-state index is 0.0966. The molecular weight excluding hydrogens is 486 g/mol. The van der Waals surface area contributed by atoms with Crippen molar-refractivity contribution < 1.29 is 28.0 Å². The summed E-state index contributed by atoms with van der Waals surface area (Å²) in [5, 5.41) is 2.99. The van der Waals surface area contributed by atoms with Gasteiger partial charge in [0.1, 0.15) is 23.2 Å². The standard InChI is InChI=1S/C24H37N3O6SSi/c1-13-17(30-7)11-18(33-35(9,10)24(4,5)6)20(19(13)23(29)31-8)21(25)34-12-16(14(2)28)22-26-15(3)27-32-22/h11,16,21H,12,25H2,1-10H3. The Morgan fingerprint density at radius 1 is 1.20 bits per heavy atom. The van der Waals surface area contributed by atoms with E-state index in [1.165, 1.54) is 32.9 Å². The van der Waals surface area contributed by atoms with Crippen LogP contribution in [0.5, 0.6) is 11.5 Å². The van der Waals surface area contributed by atoms with Gasteiger partial charge in [-0.25, -0.2) is 4.79 Å². The maximum atomic E-state index is 12.9. The molecule has 0 saturated heterocycles. The van der Waals surface area contributed by atoms with Crippen molar-refractivity contribution in [2.75, 3.05) is 20.0 Å². The Kier molecular flexibility index (Phi) is 9.18. The van der Waals surface area contributed by atoms with Gasteiger partial charge in [0.25, 0.3) is 0 Å². The molecule has 2 unspecified atom stereocenters. The maximum Gasteiger partial charge on any atom is 0.338 e. The lowest BCUT2D eigenvalue weighted by Crippen LogP contribution is -2.44. The number of aryl methyl sites for hydroxylation is 1. The highest BCUT2D eigenvalue weighted by Crippen LogP contribution is 2.45. The minimum atomic E-state index is -2.32. The van der Waals surface area contributed by atoms with Crippen molar-refractivity contribution in [2.24, 2.45) is 5.73 Å². The van der Waals surface area contributed by atoms with E-state index >= 15 is 0 Å². The fourth-order valence-corrected chi connectivity index (χ4v) is 5.43. The predicted molar refractivity (Wildman–Crippen MR) is 139 cm³/mol. The van der Waals surface area contributed by atoms with Crippen LogP contribution in [-0.2, 0) is 9.53 Å². The number of carbonyl (C=O) groups is 2. The van der Waals surface area contributed by atoms with Gasteiger partial charge in [-0.3, -0.25) is 4.79 Å². The van der Waals surface area contributed by atoms with Crippen LogP contribution in [0, 0.1) is 13.8 Å². The normalized spacial score (nSPS) is 13.8. The Morgan fingerprint density at radius 3 is 2.29 bits per heavy atom. The van der Waals surface area contributed by atoms with Crippen LogP contribution in [0.15, 0.2) is 10.6 Å². The van der Waals surface area contributed by atoms with Gasteiger partial charge in [0.05, 0.1) is 25.2 Å². The summed E-state index contributed by atoms with van der Waals surface area (Å²) in [6, 6.07) is 1.78. The number of carbonyl (C=O) groups excluding carboxylic acids is 2. The summed E-state index contributed by atoms with van der Waals surface area (Å²) in [6.07, 6.45) is 0. The number of esters is 1. The molecule has 1 heterocycles. The first kappa shape index (κ1) is 28.9. The summed E-state index contributed by atoms with van der Waals surface area (Å²) >= 11 is 1.30. The number of hydrogen-bond acceptors (Lipinski definition) is 10. The van der Waals surface area contributed by atoms with Crippen molar-refractivity contribution in [3.63, 3.8) is 0 Å². The number of aromatic nitrogens is 2. The average Bonchev–Trinajstić information content (AvgIpc) is 3.18. The van der Waals surface area contributed by atoms with E-state index in [4.69, 9.17) is 24.2 Å². The second kappa shape index (κ2) is 11.1. The number of hydrogen-bond donors (Lipinski definition) is 1. The van der Waals surface area contributed by atoms with Crippen molar-refractivity contribution in [1.29, 1.82) is 0 Å². The van der Waals surface area contributed by atoms with Gasteiger partial charge in [0.15, 0.2) is 5.82 Å². The molecule has 0 aliphatic carbocycles. The number of Topliss-reactive ketones (excluding diaryl/α,β-unsaturated/α-hetero) is 1. The first-order valence-corrected chi connectivity index (χ1v) is 15.3. The fourth-order valence-electron chi connectivity index (χ4n) is 3.23. The maximum absolute atomic E-state index is 12.9. The van der Waals surface area contributed by atoms with E-state index in [9.17, 15) is 9.59 Å². The SMILES string of the molecule is COC(=O)c1c(C)c(OC)cc(O[Si](C)(C)C(C)(C)C)c1C(N)SCC(C(C)=O)c1nc(C)no1. The van der Waals surface area contributed by atoms with E-state index in [0.717, 1.165) is 0 Å². The first-order chi connectivity index (χ1) is 16.1. The van der Waals surface area contributed by atoms with Gasteiger partial charge in [0, 0.05) is 22.9 Å². The summed E-state index contributed by atoms with van der Waals surface area (Å²) in [5.74, 6) is 0.668. The second-order valence-electron chi connectivity index (χ2n) is 9.94. The molecular formula is C24H37N3O6SSi. The molecule has 0 amide bonds. The molecule has 194 valence electrons. The molecule has 2 N–H and O–H groups in total. The zero-order valence-electron chi connectivity index (χ0n) is 22.3. The van der Waals surface area contributed by atoms with E-state index in [0.29, 0.717) is 34.0 Å². The van der Waals surface area contributed by atoms with Crippen molar-refractivity contribution in [1.82, 2.24) is 10.1 Å². The van der Waals surface area contributed by atoms with Crippen LogP contribution in [0.4, 0.5) is 0 Å². The largest absolute Gasteiger partial charge is 0.543 e. The summed E-state index contributed by atoms with van der Waals surface area (Å²) < 4.78 is 22.5. The lowest BCUT2D eigenvalue weighted by Gasteiger charge is -2.38. The number of ketones is 1. The Bertz CT molecular complexity index is 1080. The number of benzene rings is 1. The van der Waals surface area contributed by atoms with Gasteiger partial charge in [-0.15, -0.1) is 11.8 Å². The van der Waals surface area contributed by atoms with E-state index in [-0.39, 0.29) is 22.5 Å². The number of ether oxygens (including phenoxy) is 2. The number of nitrogens with two attached hydrogens (primary N) is 1. The highest BCUT2D eigenvalue weighted by atomic mass is 32.2. The van der Waals surface area contributed by atoms with E-state index < -0.39 is 25.6 Å². The molecule has 0 aliphatic rings. The highest BCUT2D eigenvalue weighted by molar-refractivity contribution is 7.99. The quantitative estimate of drug-likeness (QED) is 0.260. The van der Waals surface area contributed by atoms with Gasteiger partial charge in [-0.2, -0.15) is 4.98 Å². The number of thioether (sulfide) groups is 1. The lowest BCUT2D eigenvalue weighted by atomic mass is 9.99. The Balaban J connectivity index is 2.59. The molecule has 2 aromatic rings. The monoisotopic (exact) mass is 523 g/mol. The van der Waals surface area contributed by atoms with E-state index in [1.54, 1.807) is 19.9 Å². The van der Waals surface area contributed by atoms with Crippen LogP contribution in [0.1, 0.15) is 72.2 Å². The Hall–Kier alpha value is -2.37. The van der Waals surface area contributed by atoms with Crippen LogP contribution in [0.25, 0.3) is 0 Å². The minimum Gasteiger partial charge on any atom is -0.543 e. The van der Waals surface area contributed by atoms with Crippen LogP contribution in [0.3, 0.4) is 0 Å². The smallest absolute Gasteiger partial charge is 0.338 e. The summed E-state index contributed by atoms with van der Waals surface area (Å²) in [4.78, 5) is 29.5. The Labute approximate surface area is 212 Å². The third kappa shape index (κ3) is 6.45. The fraction of sp³-hybridized carbons (Fsp3) is 0.583. The zero-order chi connectivity index (χ0) is 26.7. The van der Waals surface area contributed by atoms with Crippen LogP contribution in [0.2, 0.25) is 18.1 Å². The molecule has 2 rings (SSSR count). The predicted octanol–water partition coefficient (Wildman–Crippen LogP) is 4.93. The van der Waals surface area contributed by atoms with Crippen molar-refractivity contribution in [2.45, 2.75) is 71.0 Å². The van der Waals surface area contributed by atoms with Crippen LogP contribution < -0.4 is 14.9 Å². The van der Waals surface area contributed by atoms with Gasteiger partial charge in [-0.05, 0) is 38.9 Å². The topological polar surface area (TPSA) is 127 Å². The molecule has 9 nitrogen and oxygen atoms in total. The van der Waals surface area contributed by atoms with E-state index in [2.05, 4.69) is 44.0 Å². The van der Waals surface area contributed by atoms with Gasteiger partial charge in [0.2, 0.25) is 14.2 Å². The van der Waals surface area contributed by atoms with Gasteiger partial charge < -0.3 is 24.2 Å². The van der Waals surface area contributed by atoms with Gasteiger partial charge >= 0.3 is 5.97 Å². The molecule has 1 aromatic heterocycles. The lowest BCUT2D eigenvalue weighted by molar-refractivity contribution is -0.118. The molecule has 0 fully saturated rings. The molecule has 0 aliphatic heterocycles. The molecule has 2 atom stereocenters. The second-order valence-corrected chi connectivity index (χ2v) is 15.8. The van der Waals surface area contributed by atoms with Crippen molar-refractivity contribution in [3.8, 4) is 11.5 Å². The molecule has 0 radical (unpaired) electrons. The molecule has 11 heteroatoms. The number of methoxy groups -OCH3 is 2. The zero-order valence-corrected chi connectivity index (χ0v) is 24.1. The summed E-state index contributed by atoms with van der Waals surface area (Å²) in [5.41, 5.74) is 8.09. The molecule has 0 saturated carbocycles. The first-order valence-electron chi connectivity index (χ1n) is 11.3. The third-order valence-corrected chi connectivity index (χ3v) is 11.8. The third-order valence-electron chi connectivity index (χ3n) is 6.38. The van der Waals surface area contributed by atoms with Gasteiger partial charge in [-0.1, -0.05) is 25.9 Å². The van der Waals surface area contributed by atoms with Crippen molar-refractivity contribution in [3.05, 3.63) is 34.5 Å². The average molecular weight is 524 g/mol.